The van der Waals surface area contributed by atoms with E-state index in [2.05, 4.69) is 10.6 Å². The fourth-order valence-electron chi connectivity index (χ4n) is 3.09. The largest absolute Gasteiger partial charge is 0.497 e. The molecule has 0 spiro atoms. The molecular formula is C22H26N2O4. The topological polar surface area (TPSA) is 76.7 Å². The van der Waals surface area contributed by atoms with Crippen LogP contribution in [-0.2, 0) is 22.6 Å². The fraction of sp³-hybridized carbons (Fsp3) is 0.364. The second kappa shape index (κ2) is 8.78. The Labute approximate surface area is 165 Å². The van der Waals surface area contributed by atoms with Crippen molar-refractivity contribution in [1.29, 1.82) is 0 Å². The summed E-state index contributed by atoms with van der Waals surface area (Å²) < 4.78 is 10.3. The van der Waals surface area contributed by atoms with Crippen molar-refractivity contribution in [3.63, 3.8) is 0 Å². The lowest BCUT2D eigenvalue weighted by Gasteiger charge is -2.16. The van der Waals surface area contributed by atoms with E-state index < -0.39 is 5.41 Å². The Hall–Kier alpha value is -3.02. The fourth-order valence-corrected chi connectivity index (χ4v) is 3.09. The molecule has 3 rings (SSSR count). The van der Waals surface area contributed by atoms with E-state index in [4.69, 9.17) is 9.47 Å². The molecule has 28 heavy (non-hydrogen) atoms. The number of hydrogen-bond acceptors (Lipinski definition) is 4. The van der Waals surface area contributed by atoms with E-state index in [0.29, 0.717) is 32.4 Å². The third-order valence-electron chi connectivity index (χ3n) is 5.06. The van der Waals surface area contributed by atoms with E-state index in [1.165, 1.54) is 0 Å². The summed E-state index contributed by atoms with van der Waals surface area (Å²) in [4.78, 5) is 25.1. The normalized spacial score (nSPS) is 14.1. The van der Waals surface area contributed by atoms with Crippen LogP contribution in [0, 0.1) is 5.41 Å². The van der Waals surface area contributed by atoms with Crippen molar-refractivity contribution >= 4 is 11.8 Å². The maximum atomic E-state index is 12.6. The van der Waals surface area contributed by atoms with Gasteiger partial charge in [0.2, 0.25) is 11.8 Å². The Morgan fingerprint density at radius 2 is 1.57 bits per heavy atom. The van der Waals surface area contributed by atoms with E-state index in [-0.39, 0.29) is 11.8 Å². The second-order valence-corrected chi connectivity index (χ2v) is 6.97. The van der Waals surface area contributed by atoms with Crippen molar-refractivity contribution in [2.24, 2.45) is 5.41 Å². The third kappa shape index (κ3) is 4.63. The highest BCUT2D eigenvalue weighted by Crippen LogP contribution is 2.46. The van der Waals surface area contributed by atoms with Crippen LogP contribution < -0.4 is 20.1 Å². The van der Waals surface area contributed by atoms with Gasteiger partial charge in [-0.05, 0) is 54.7 Å². The van der Waals surface area contributed by atoms with E-state index in [9.17, 15) is 9.59 Å². The highest BCUT2D eigenvalue weighted by molar-refractivity contribution is 6.07. The first-order valence-electron chi connectivity index (χ1n) is 9.40. The van der Waals surface area contributed by atoms with Gasteiger partial charge in [-0.2, -0.15) is 0 Å². The second-order valence-electron chi connectivity index (χ2n) is 6.97. The van der Waals surface area contributed by atoms with Gasteiger partial charge in [-0.3, -0.25) is 9.59 Å². The average molecular weight is 382 g/mol. The molecule has 6 nitrogen and oxygen atoms in total. The minimum Gasteiger partial charge on any atom is -0.497 e. The monoisotopic (exact) mass is 382 g/mol. The molecule has 1 saturated carbocycles. The molecule has 0 heterocycles. The van der Waals surface area contributed by atoms with Crippen LogP contribution in [0.25, 0.3) is 0 Å². The highest BCUT2D eigenvalue weighted by atomic mass is 16.5. The van der Waals surface area contributed by atoms with Gasteiger partial charge in [-0.1, -0.05) is 24.3 Å². The molecule has 2 amide bonds. The van der Waals surface area contributed by atoms with Crippen LogP contribution in [0.15, 0.2) is 48.5 Å². The Kier molecular flexibility index (Phi) is 6.19. The first kappa shape index (κ1) is 19.7. The number of amides is 2. The zero-order chi connectivity index (χ0) is 20.0. The molecule has 2 aromatic rings. The Balaban J connectivity index is 1.47. The minimum atomic E-state index is -0.916. The molecule has 148 valence electrons. The van der Waals surface area contributed by atoms with Crippen LogP contribution in [0.3, 0.4) is 0 Å². The summed E-state index contributed by atoms with van der Waals surface area (Å²) in [5, 5.41) is 5.79. The Morgan fingerprint density at radius 1 is 0.893 bits per heavy atom. The number of nitrogens with one attached hydrogen (secondary N) is 2. The SMILES string of the molecule is COc1ccc(CNC(=O)C2(C(=O)NCCc3cccc(OC)c3)CC2)cc1. The first-order valence-corrected chi connectivity index (χ1v) is 9.40. The van der Waals surface area contributed by atoms with Crippen molar-refractivity contribution in [2.75, 3.05) is 20.8 Å². The number of methoxy groups -OCH3 is 2. The van der Waals surface area contributed by atoms with E-state index in [1.807, 2.05) is 48.5 Å². The zero-order valence-corrected chi connectivity index (χ0v) is 16.3. The maximum Gasteiger partial charge on any atom is 0.235 e. The number of benzene rings is 2. The van der Waals surface area contributed by atoms with E-state index in [1.54, 1.807) is 14.2 Å². The summed E-state index contributed by atoms with van der Waals surface area (Å²) in [6.07, 6.45) is 1.87. The predicted octanol–water partition coefficient (Wildman–Crippen LogP) is 2.46. The predicted molar refractivity (Wildman–Crippen MR) is 106 cm³/mol. The van der Waals surface area contributed by atoms with Crippen LogP contribution >= 0.6 is 0 Å². The number of carbonyl (C=O) groups excluding carboxylic acids is 2. The lowest BCUT2D eigenvalue weighted by Crippen LogP contribution is -2.43. The Bertz CT molecular complexity index is 829. The minimum absolute atomic E-state index is 0.192. The van der Waals surface area contributed by atoms with E-state index in [0.717, 1.165) is 22.6 Å². The summed E-state index contributed by atoms with van der Waals surface area (Å²) in [6.45, 7) is 0.876. The van der Waals surface area contributed by atoms with Gasteiger partial charge in [0, 0.05) is 13.1 Å². The molecule has 0 aliphatic heterocycles. The van der Waals surface area contributed by atoms with E-state index >= 15 is 0 Å². The molecular weight excluding hydrogens is 356 g/mol. The van der Waals surface area contributed by atoms with Crippen LogP contribution in [0.4, 0.5) is 0 Å². The highest BCUT2D eigenvalue weighted by Gasteiger charge is 2.56. The van der Waals surface area contributed by atoms with Crippen molar-refractivity contribution in [3.8, 4) is 11.5 Å². The van der Waals surface area contributed by atoms with Gasteiger partial charge in [0.1, 0.15) is 16.9 Å². The van der Waals surface area contributed by atoms with Crippen molar-refractivity contribution in [1.82, 2.24) is 10.6 Å². The molecule has 0 radical (unpaired) electrons. The van der Waals surface area contributed by atoms with Crippen LogP contribution in [0.2, 0.25) is 0 Å². The van der Waals surface area contributed by atoms with Gasteiger partial charge in [0.05, 0.1) is 14.2 Å². The average Bonchev–Trinajstić information content (AvgIpc) is 3.54. The van der Waals surface area contributed by atoms with Gasteiger partial charge >= 0.3 is 0 Å². The standard InChI is InChI=1S/C22H26N2O4/c1-27-18-8-6-17(7-9-18)15-24-21(26)22(11-12-22)20(25)23-13-10-16-4-3-5-19(14-16)28-2/h3-9,14H,10-13,15H2,1-2H3,(H,23,25)(H,24,26). The zero-order valence-electron chi connectivity index (χ0n) is 16.3. The van der Waals surface area contributed by atoms with Crippen molar-refractivity contribution < 1.29 is 19.1 Å². The summed E-state index contributed by atoms with van der Waals surface area (Å²) in [7, 11) is 3.24. The third-order valence-corrected chi connectivity index (χ3v) is 5.06. The molecule has 2 aromatic carbocycles. The molecule has 0 saturated heterocycles. The maximum absolute atomic E-state index is 12.6. The molecule has 2 N–H and O–H groups in total. The van der Waals surface area contributed by atoms with Crippen LogP contribution in [0.1, 0.15) is 24.0 Å². The lowest BCUT2D eigenvalue weighted by molar-refractivity contribution is -0.137. The van der Waals surface area contributed by atoms with Gasteiger partial charge < -0.3 is 20.1 Å². The van der Waals surface area contributed by atoms with Gasteiger partial charge in [-0.25, -0.2) is 0 Å². The number of ether oxygens (including phenoxy) is 2. The summed E-state index contributed by atoms with van der Waals surface area (Å²) in [6, 6.07) is 15.2. The molecule has 6 heteroatoms. The summed E-state index contributed by atoms with van der Waals surface area (Å²) >= 11 is 0. The molecule has 0 bridgehead atoms. The first-order chi connectivity index (χ1) is 13.6. The quantitative estimate of drug-likeness (QED) is 0.653. The molecule has 1 aliphatic rings. The van der Waals surface area contributed by atoms with Gasteiger partial charge in [-0.15, -0.1) is 0 Å². The molecule has 0 aromatic heterocycles. The molecule has 1 fully saturated rings. The van der Waals surface area contributed by atoms with Crippen LogP contribution in [-0.4, -0.2) is 32.6 Å². The molecule has 0 unspecified atom stereocenters. The molecule has 1 aliphatic carbocycles. The summed E-state index contributed by atoms with van der Waals surface area (Å²) in [5.41, 5.74) is 1.12. The smallest absolute Gasteiger partial charge is 0.235 e. The summed E-state index contributed by atoms with van der Waals surface area (Å²) in [5.74, 6) is 1.16. The van der Waals surface area contributed by atoms with Gasteiger partial charge in [0.15, 0.2) is 0 Å². The Morgan fingerprint density at radius 3 is 2.21 bits per heavy atom. The van der Waals surface area contributed by atoms with Gasteiger partial charge in [0.25, 0.3) is 0 Å². The van der Waals surface area contributed by atoms with Crippen molar-refractivity contribution in [2.45, 2.75) is 25.8 Å². The molecule has 0 atom stereocenters. The van der Waals surface area contributed by atoms with Crippen molar-refractivity contribution in [3.05, 3.63) is 59.7 Å². The van der Waals surface area contributed by atoms with Crippen LogP contribution in [0.5, 0.6) is 11.5 Å². The number of carbonyl (C=O) groups is 2. The lowest BCUT2D eigenvalue weighted by atomic mass is 10.0. The number of hydrogen-bond donors (Lipinski definition) is 2. The number of rotatable bonds is 9.